The van der Waals surface area contributed by atoms with Crippen LogP contribution in [-0.4, -0.2) is 23.0 Å². The maximum Gasteiger partial charge on any atom is 0.252 e. The van der Waals surface area contributed by atoms with Gasteiger partial charge in [0, 0.05) is 11.3 Å². The van der Waals surface area contributed by atoms with Crippen molar-refractivity contribution in [2.24, 2.45) is 0 Å². The summed E-state index contributed by atoms with van der Waals surface area (Å²) in [6, 6.07) is 10.3. The SMILES string of the molecule is N#CC1(NC(=O)c2ccc(C3CCCCC3)cc2)CCSC1. The molecule has 1 aliphatic carbocycles. The summed E-state index contributed by atoms with van der Waals surface area (Å²) in [5.74, 6) is 2.16. The molecule has 1 atom stereocenters. The summed E-state index contributed by atoms with van der Waals surface area (Å²) < 4.78 is 0. The molecule has 1 heterocycles. The Labute approximate surface area is 136 Å². The number of benzene rings is 1. The average molecular weight is 314 g/mol. The Morgan fingerprint density at radius 1 is 1.23 bits per heavy atom. The monoisotopic (exact) mass is 314 g/mol. The summed E-state index contributed by atoms with van der Waals surface area (Å²) >= 11 is 1.73. The molecule has 0 radical (unpaired) electrons. The Kier molecular flexibility index (Phi) is 4.73. The molecular formula is C18H22N2OS. The molecule has 1 aromatic rings. The molecule has 0 bridgehead atoms. The number of nitrogens with zero attached hydrogens (tertiary/aromatic N) is 1. The molecule has 1 saturated heterocycles. The zero-order chi connectivity index (χ0) is 15.4. The van der Waals surface area contributed by atoms with Gasteiger partial charge in [0.1, 0.15) is 5.54 Å². The number of hydrogen-bond donors (Lipinski definition) is 1. The quantitative estimate of drug-likeness (QED) is 0.921. The van der Waals surface area contributed by atoms with Gasteiger partial charge in [0.2, 0.25) is 0 Å². The number of amides is 1. The molecule has 1 saturated carbocycles. The normalized spacial score (nSPS) is 25.6. The fourth-order valence-electron chi connectivity index (χ4n) is 3.41. The van der Waals surface area contributed by atoms with E-state index in [0.29, 0.717) is 17.2 Å². The van der Waals surface area contributed by atoms with Crippen LogP contribution in [0, 0.1) is 11.3 Å². The Balaban J connectivity index is 1.67. The van der Waals surface area contributed by atoms with Gasteiger partial charge in [-0.3, -0.25) is 4.79 Å². The summed E-state index contributed by atoms with van der Waals surface area (Å²) in [7, 11) is 0. The number of thioether (sulfide) groups is 1. The summed E-state index contributed by atoms with van der Waals surface area (Å²) in [6.07, 6.45) is 7.25. The maximum absolute atomic E-state index is 12.4. The van der Waals surface area contributed by atoms with Gasteiger partial charge in [0.05, 0.1) is 6.07 Å². The van der Waals surface area contributed by atoms with Crippen molar-refractivity contribution in [3.63, 3.8) is 0 Å². The topological polar surface area (TPSA) is 52.9 Å². The van der Waals surface area contributed by atoms with Crippen molar-refractivity contribution in [2.75, 3.05) is 11.5 Å². The Morgan fingerprint density at radius 3 is 2.55 bits per heavy atom. The summed E-state index contributed by atoms with van der Waals surface area (Å²) in [5, 5.41) is 12.3. The molecule has 1 unspecified atom stereocenters. The molecule has 1 aliphatic heterocycles. The third-order valence-corrected chi connectivity index (χ3v) is 6.03. The number of carbonyl (C=O) groups is 1. The van der Waals surface area contributed by atoms with Crippen LogP contribution in [0.2, 0.25) is 0 Å². The van der Waals surface area contributed by atoms with Crippen molar-refractivity contribution in [3.05, 3.63) is 35.4 Å². The van der Waals surface area contributed by atoms with Crippen LogP contribution in [0.1, 0.15) is 60.4 Å². The first-order valence-corrected chi connectivity index (χ1v) is 9.29. The van der Waals surface area contributed by atoms with E-state index in [1.165, 1.54) is 37.7 Å². The van der Waals surface area contributed by atoms with Gasteiger partial charge < -0.3 is 5.32 Å². The molecule has 0 aromatic heterocycles. The summed E-state index contributed by atoms with van der Waals surface area (Å²) in [6.45, 7) is 0. The average Bonchev–Trinajstić information content (AvgIpc) is 3.05. The van der Waals surface area contributed by atoms with Crippen LogP contribution in [0.4, 0.5) is 0 Å². The van der Waals surface area contributed by atoms with Crippen molar-refractivity contribution >= 4 is 17.7 Å². The lowest BCUT2D eigenvalue weighted by Crippen LogP contribution is -2.47. The summed E-state index contributed by atoms with van der Waals surface area (Å²) in [4.78, 5) is 12.4. The second-order valence-corrected chi connectivity index (χ2v) is 7.51. The van der Waals surface area contributed by atoms with Crippen LogP contribution in [0.5, 0.6) is 0 Å². The van der Waals surface area contributed by atoms with Crippen molar-refractivity contribution in [3.8, 4) is 6.07 Å². The second-order valence-electron chi connectivity index (χ2n) is 6.41. The zero-order valence-electron chi connectivity index (χ0n) is 12.8. The van der Waals surface area contributed by atoms with Gasteiger partial charge in [-0.15, -0.1) is 0 Å². The standard InChI is InChI=1S/C18H22N2OS/c19-12-18(10-11-22-13-18)20-17(21)16-8-6-15(7-9-16)14-4-2-1-3-5-14/h6-9,14H,1-5,10-11,13H2,(H,20,21). The third-order valence-electron chi connectivity index (χ3n) is 4.84. The molecule has 1 aromatic carbocycles. The highest BCUT2D eigenvalue weighted by Gasteiger charge is 2.36. The van der Waals surface area contributed by atoms with Gasteiger partial charge in [-0.1, -0.05) is 31.4 Å². The van der Waals surface area contributed by atoms with Gasteiger partial charge in [0.15, 0.2) is 0 Å². The number of nitriles is 1. The highest BCUT2D eigenvalue weighted by Crippen LogP contribution is 2.32. The minimum Gasteiger partial charge on any atom is -0.333 e. The van der Waals surface area contributed by atoms with Crippen LogP contribution < -0.4 is 5.32 Å². The van der Waals surface area contributed by atoms with Gasteiger partial charge in [-0.05, 0) is 48.6 Å². The molecule has 2 aliphatic rings. The maximum atomic E-state index is 12.4. The van der Waals surface area contributed by atoms with E-state index in [1.807, 2.05) is 12.1 Å². The predicted molar refractivity (Wildman–Crippen MR) is 90.0 cm³/mol. The minimum atomic E-state index is -0.677. The van der Waals surface area contributed by atoms with Crippen LogP contribution in [0.3, 0.4) is 0 Å². The van der Waals surface area contributed by atoms with Gasteiger partial charge >= 0.3 is 0 Å². The molecule has 3 rings (SSSR count). The van der Waals surface area contributed by atoms with E-state index in [0.717, 1.165) is 12.2 Å². The first kappa shape index (κ1) is 15.4. The predicted octanol–water partition coefficient (Wildman–Crippen LogP) is 3.86. The molecule has 0 spiro atoms. The van der Waals surface area contributed by atoms with Crippen molar-refractivity contribution in [2.45, 2.75) is 50.0 Å². The van der Waals surface area contributed by atoms with E-state index in [-0.39, 0.29) is 5.91 Å². The molecule has 1 amide bonds. The van der Waals surface area contributed by atoms with E-state index in [4.69, 9.17) is 0 Å². The fourth-order valence-corrected chi connectivity index (χ4v) is 4.68. The van der Waals surface area contributed by atoms with Crippen LogP contribution in [0.25, 0.3) is 0 Å². The lowest BCUT2D eigenvalue weighted by atomic mass is 9.84. The van der Waals surface area contributed by atoms with Gasteiger partial charge in [-0.2, -0.15) is 17.0 Å². The highest BCUT2D eigenvalue weighted by atomic mass is 32.2. The van der Waals surface area contributed by atoms with E-state index < -0.39 is 5.54 Å². The lowest BCUT2D eigenvalue weighted by Gasteiger charge is -2.23. The molecule has 3 nitrogen and oxygen atoms in total. The number of rotatable bonds is 3. The highest BCUT2D eigenvalue weighted by molar-refractivity contribution is 7.99. The first-order chi connectivity index (χ1) is 10.7. The van der Waals surface area contributed by atoms with Gasteiger partial charge in [-0.25, -0.2) is 0 Å². The lowest BCUT2D eigenvalue weighted by molar-refractivity contribution is 0.0926. The largest absolute Gasteiger partial charge is 0.333 e. The first-order valence-electron chi connectivity index (χ1n) is 8.14. The second kappa shape index (κ2) is 6.75. The van der Waals surface area contributed by atoms with E-state index >= 15 is 0 Å². The number of carbonyl (C=O) groups excluding carboxylic acids is 1. The van der Waals surface area contributed by atoms with Crippen LogP contribution in [-0.2, 0) is 0 Å². The molecule has 22 heavy (non-hydrogen) atoms. The molecule has 4 heteroatoms. The number of hydrogen-bond acceptors (Lipinski definition) is 3. The van der Waals surface area contributed by atoms with Crippen LogP contribution in [0.15, 0.2) is 24.3 Å². The smallest absolute Gasteiger partial charge is 0.252 e. The van der Waals surface area contributed by atoms with E-state index in [1.54, 1.807) is 11.8 Å². The van der Waals surface area contributed by atoms with Crippen molar-refractivity contribution < 1.29 is 4.79 Å². The Bertz CT molecular complexity index is 564. The van der Waals surface area contributed by atoms with Crippen molar-refractivity contribution in [1.29, 1.82) is 5.26 Å². The van der Waals surface area contributed by atoms with E-state index in [9.17, 15) is 10.1 Å². The van der Waals surface area contributed by atoms with Gasteiger partial charge in [0.25, 0.3) is 5.91 Å². The van der Waals surface area contributed by atoms with Crippen molar-refractivity contribution in [1.82, 2.24) is 5.32 Å². The van der Waals surface area contributed by atoms with Crippen LogP contribution >= 0.6 is 11.8 Å². The summed E-state index contributed by atoms with van der Waals surface area (Å²) in [5.41, 5.74) is 1.33. The molecule has 2 fully saturated rings. The molecular weight excluding hydrogens is 292 g/mol. The third kappa shape index (κ3) is 3.30. The zero-order valence-corrected chi connectivity index (χ0v) is 13.6. The van der Waals surface area contributed by atoms with E-state index in [2.05, 4.69) is 23.5 Å². The number of nitrogens with one attached hydrogen (secondary N) is 1. The minimum absolute atomic E-state index is 0.126. The Morgan fingerprint density at radius 2 is 1.95 bits per heavy atom. The fraction of sp³-hybridized carbons (Fsp3) is 0.556. The molecule has 116 valence electrons. The molecule has 1 N–H and O–H groups in total. The Hall–Kier alpha value is -1.47.